The second kappa shape index (κ2) is 10.1. The van der Waals surface area contributed by atoms with Crippen molar-refractivity contribution in [2.45, 2.75) is 33.3 Å². The topological polar surface area (TPSA) is 93.7 Å². The predicted octanol–water partition coefficient (Wildman–Crippen LogP) is 5.75. The summed E-state index contributed by atoms with van der Waals surface area (Å²) >= 11 is 0. The number of esters is 2. The molecular weight excluding hydrogens is 456 g/mol. The van der Waals surface area contributed by atoms with Crippen LogP contribution in [0.1, 0.15) is 59.5 Å². The molecular formula is C29H28N2O5. The Morgan fingerprint density at radius 1 is 0.861 bits per heavy atom. The van der Waals surface area contributed by atoms with Gasteiger partial charge in [0.05, 0.1) is 34.7 Å². The molecule has 184 valence electrons. The normalized spacial score (nSPS) is 13.9. The highest BCUT2D eigenvalue weighted by atomic mass is 16.6. The summed E-state index contributed by atoms with van der Waals surface area (Å²) in [5.41, 5.74) is 3.96. The van der Waals surface area contributed by atoms with Crippen LogP contribution in [0.4, 0.5) is 11.4 Å². The number of anilines is 2. The minimum atomic E-state index is -0.588. The average Bonchev–Trinajstić information content (AvgIpc) is 3.17. The van der Waals surface area contributed by atoms with Gasteiger partial charge in [0.25, 0.3) is 5.91 Å². The number of ether oxygens (including phenoxy) is 2. The molecule has 0 fully saturated rings. The minimum absolute atomic E-state index is 0.266. The number of carbonyl (C=O) groups is 3. The van der Waals surface area contributed by atoms with Gasteiger partial charge in [-0.3, -0.25) is 4.79 Å². The quantitative estimate of drug-likeness (QED) is 0.342. The van der Waals surface area contributed by atoms with E-state index in [9.17, 15) is 14.4 Å². The van der Waals surface area contributed by atoms with E-state index in [1.807, 2.05) is 51.1 Å². The van der Waals surface area contributed by atoms with Crippen LogP contribution in [0.25, 0.3) is 11.3 Å². The molecule has 0 aliphatic carbocycles. The summed E-state index contributed by atoms with van der Waals surface area (Å²) in [6.07, 6.45) is 0. The van der Waals surface area contributed by atoms with Crippen molar-refractivity contribution in [3.63, 3.8) is 0 Å². The van der Waals surface area contributed by atoms with E-state index in [-0.39, 0.29) is 12.5 Å². The second-order valence-corrected chi connectivity index (χ2v) is 9.26. The smallest absolute Gasteiger partial charge is 0.338 e. The first-order valence-electron chi connectivity index (χ1n) is 11.7. The molecule has 0 saturated heterocycles. The predicted molar refractivity (Wildman–Crippen MR) is 140 cm³/mol. The van der Waals surface area contributed by atoms with Crippen molar-refractivity contribution in [1.29, 1.82) is 0 Å². The van der Waals surface area contributed by atoms with Gasteiger partial charge in [0.2, 0.25) is 0 Å². The van der Waals surface area contributed by atoms with Crippen LogP contribution in [-0.2, 0) is 14.3 Å². The van der Waals surface area contributed by atoms with Gasteiger partial charge in [-0.2, -0.15) is 0 Å². The minimum Gasteiger partial charge on any atom is -0.462 e. The van der Waals surface area contributed by atoms with E-state index in [4.69, 9.17) is 9.47 Å². The first-order chi connectivity index (χ1) is 17.2. The maximum atomic E-state index is 13.1. The molecule has 1 heterocycles. The van der Waals surface area contributed by atoms with Gasteiger partial charge in [-0.05, 0) is 69.7 Å². The van der Waals surface area contributed by atoms with Crippen molar-refractivity contribution < 1.29 is 23.9 Å². The van der Waals surface area contributed by atoms with E-state index in [1.165, 1.54) is 0 Å². The Morgan fingerprint density at radius 2 is 1.53 bits per heavy atom. The first kappa shape index (κ1) is 24.7. The Morgan fingerprint density at radius 3 is 2.17 bits per heavy atom. The molecule has 2 N–H and O–H groups in total. The van der Waals surface area contributed by atoms with Gasteiger partial charge in [0.15, 0.2) is 0 Å². The van der Waals surface area contributed by atoms with Crippen LogP contribution in [0, 0.1) is 0 Å². The Kier molecular flexibility index (Phi) is 6.92. The number of fused-ring (bicyclic) bond motifs is 1. The molecule has 0 saturated carbocycles. The third-order valence-corrected chi connectivity index (χ3v) is 5.38. The van der Waals surface area contributed by atoms with Gasteiger partial charge >= 0.3 is 11.9 Å². The fraction of sp³-hybridized carbons (Fsp3) is 0.207. The summed E-state index contributed by atoms with van der Waals surface area (Å²) in [4.78, 5) is 37.7. The number of rotatable bonds is 6. The molecule has 36 heavy (non-hydrogen) atoms. The third kappa shape index (κ3) is 5.46. The summed E-state index contributed by atoms with van der Waals surface area (Å²) in [6, 6.07) is 21.4. The molecule has 7 heteroatoms. The lowest BCUT2D eigenvalue weighted by atomic mass is 9.99. The fourth-order valence-electron chi connectivity index (χ4n) is 3.82. The molecule has 0 bridgehead atoms. The maximum Gasteiger partial charge on any atom is 0.338 e. The largest absolute Gasteiger partial charge is 0.462 e. The first-order valence-corrected chi connectivity index (χ1v) is 11.7. The molecule has 4 rings (SSSR count). The number of amides is 1. The van der Waals surface area contributed by atoms with Crippen LogP contribution in [0.2, 0.25) is 0 Å². The number of nitrogens with one attached hydrogen (secondary N) is 2. The van der Waals surface area contributed by atoms with Crippen LogP contribution in [0.5, 0.6) is 0 Å². The maximum absolute atomic E-state index is 13.1. The van der Waals surface area contributed by atoms with Crippen LogP contribution < -0.4 is 10.6 Å². The molecule has 1 amide bonds. The lowest BCUT2D eigenvalue weighted by Crippen LogP contribution is -2.23. The van der Waals surface area contributed by atoms with E-state index < -0.39 is 17.5 Å². The number of hydrogen-bond donors (Lipinski definition) is 2. The van der Waals surface area contributed by atoms with Crippen LogP contribution in [0.15, 0.2) is 72.8 Å². The van der Waals surface area contributed by atoms with E-state index in [0.29, 0.717) is 39.3 Å². The van der Waals surface area contributed by atoms with Crippen molar-refractivity contribution in [2.75, 3.05) is 17.2 Å². The Balaban J connectivity index is 1.72. The van der Waals surface area contributed by atoms with Gasteiger partial charge in [-0.15, -0.1) is 0 Å². The van der Waals surface area contributed by atoms with Crippen molar-refractivity contribution in [2.24, 2.45) is 0 Å². The monoisotopic (exact) mass is 484 g/mol. The van der Waals surface area contributed by atoms with Gasteiger partial charge < -0.3 is 20.1 Å². The second-order valence-electron chi connectivity index (χ2n) is 9.26. The van der Waals surface area contributed by atoms with Crippen LogP contribution in [-0.4, -0.2) is 30.1 Å². The molecule has 0 unspecified atom stereocenters. The van der Waals surface area contributed by atoms with E-state index >= 15 is 0 Å². The van der Waals surface area contributed by atoms with Crippen molar-refractivity contribution >= 4 is 40.5 Å². The van der Waals surface area contributed by atoms with Crippen molar-refractivity contribution in [3.8, 4) is 0 Å². The fourth-order valence-corrected chi connectivity index (χ4v) is 3.82. The summed E-state index contributed by atoms with van der Waals surface area (Å²) in [5, 5.41) is 6.22. The molecule has 0 spiro atoms. The molecule has 7 nitrogen and oxygen atoms in total. The van der Waals surface area contributed by atoms with Gasteiger partial charge in [0, 0.05) is 11.3 Å². The average molecular weight is 485 g/mol. The number of hydrogen-bond acceptors (Lipinski definition) is 6. The highest BCUT2D eigenvalue weighted by molar-refractivity contribution is 6.37. The van der Waals surface area contributed by atoms with Crippen molar-refractivity contribution in [3.05, 3.63) is 95.1 Å². The van der Waals surface area contributed by atoms with Crippen LogP contribution >= 0.6 is 0 Å². The third-order valence-electron chi connectivity index (χ3n) is 5.38. The summed E-state index contributed by atoms with van der Waals surface area (Å²) in [6.45, 7) is 7.46. The summed E-state index contributed by atoms with van der Waals surface area (Å²) < 4.78 is 10.5. The Labute approximate surface area is 210 Å². The van der Waals surface area contributed by atoms with Crippen molar-refractivity contribution in [1.82, 2.24) is 0 Å². The van der Waals surface area contributed by atoms with Crippen LogP contribution in [0.3, 0.4) is 0 Å². The Hall–Kier alpha value is -4.39. The zero-order chi connectivity index (χ0) is 25.9. The van der Waals surface area contributed by atoms with Gasteiger partial charge in [-0.1, -0.05) is 36.4 Å². The zero-order valence-electron chi connectivity index (χ0n) is 20.7. The van der Waals surface area contributed by atoms with E-state index in [1.54, 1.807) is 49.4 Å². The number of benzene rings is 3. The molecule has 1 aliphatic rings. The summed E-state index contributed by atoms with van der Waals surface area (Å²) in [5.74, 6) is -1.14. The molecule has 0 atom stereocenters. The molecule has 0 aromatic heterocycles. The van der Waals surface area contributed by atoms with Gasteiger partial charge in [0.1, 0.15) is 5.60 Å². The zero-order valence-corrected chi connectivity index (χ0v) is 20.7. The highest BCUT2D eigenvalue weighted by Crippen LogP contribution is 2.38. The SMILES string of the molecule is CCOC(=O)c1ccc2c(c1)NC(=O)/C2=C(\Nc1ccc(C(=O)OC(C)(C)C)cc1)c1ccccc1. The Bertz CT molecular complexity index is 1340. The standard InChI is InChI=1S/C29H28N2O5/c1-5-35-27(33)20-13-16-22-23(17-20)31-26(32)24(22)25(18-9-7-6-8-10-18)30-21-14-11-19(12-15-21)28(34)36-29(2,3)4/h6-17,30H,5H2,1-4H3,(H,31,32)/b25-24-. The molecule has 0 radical (unpaired) electrons. The molecule has 1 aliphatic heterocycles. The van der Waals surface area contributed by atoms with E-state index in [2.05, 4.69) is 10.6 Å². The lowest BCUT2D eigenvalue weighted by Gasteiger charge is -2.19. The number of carbonyl (C=O) groups excluding carboxylic acids is 3. The molecule has 3 aromatic rings. The molecule has 3 aromatic carbocycles. The summed E-state index contributed by atoms with van der Waals surface area (Å²) in [7, 11) is 0. The highest BCUT2D eigenvalue weighted by Gasteiger charge is 2.29. The lowest BCUT2D eigenvalue weighted by molar-refractivity contribution is -0.110. The van der Waals surface area contributed by atoms with E-state index in [0.717, 1.165) is 5.56 Å². The van der Waals surface area contributed by atoms with Gasteiger partial charge in [-0.25, -0.2) is 9.59 Å².